The molecule has 4 heteroatoms. The molecule has 2 fully saturated rings. The van der Waals surface area contributed by atoms with Crippen molar-refractivity contribution in [2.24, 2.45) is 0 Å². The Bertz CT molecular complexity index is 465. The lowest BCUT2D eigenvalue weighted by molar-refractivity contribution is 0.0560. The van der Waals surface area contributed by atoms with Crippen LogP contribution in [-0.4, -0.2) is 54.7 Å². The first kappa shape index (κ1) is 14.7. The molecule has 116 valence electrons. The number of hydrogen-bond acceptors (Lipinski definition) is 4. The fraction of sp³-hybridized carbons (Fsp3) is 0.647. The Morgan fingerprint density at radius 3 is 3.00 bits per heavy atom. The smallest absolute Gasteiger partial charge is 0.142 e. The van der Waals surface area contributed by atoms with Crippen LogP contribution in [0, 0.1) is 0 Å². The highest BCUT2D eigenvalue weighted by Crippen LogP contribution is 2.24. The molecule has 1 aromatic rings. The first-order valence-electron chi connectivity index (χ1n) is 8.19. The van der Waals surface area contributed by atoms with Gasteiger partial charge in [-0.3, -0.25) is 9.80 Å². The molecule has 21 heavy (non-hydrogen) atoms. The highest BCUT2D eigenvalue weighted by molar-refractivity contribution is 5.51. The van der Waals surface area contributed by atoms with E-state index in [1.54, 1.807) is 0 Å². The molecule has 0 aliphatic carbocycles. The number of ether oxygens (including phenoxy) is 1. The molecule has 2 heterocycles. The Morgan fingerprint density at radius 1 is 1.29 bits per heavy atom. The van der Waals surface area contributed by atoms with E-state index < -0.39 is 0 Å². The monoisotopic (exact) mass is 289 g/mol. The van der Waals surface area contributed by atoms with Crippen LogP contribution < -0.4 is 10.5 Å². The fourth-order valence-electron chi connectivity index (χ4n) is 3.62. The molecule has 2 unspecified atom stereocenters. The second-order valence-corrected chi connectivity index (χ2v) is 6.37. The number of fused-ring (bicyclic) bond motifs is 1. The number of benzene rings is 1. The van der Waals surface area contributed by atoms with Crippen LogP contribution >= 0.6 is 0 Å². The van der Waals surface area contributed by atoms with Crippen LogP contribution in [0.4, 0.5) is 5.69 Å². The van der Waals surface area contributed by atoms with Crippen molar-refractivity contribution in [3.63, 3.8) is 0 Å². The molecule has 2 N–H and O–H groups in total. The third kappa shape index (κ3) is 3.50. The normalized spacial score (nSPS) is 26.7. The zero-order chi connectivity index (χ0) is 14.7. The van der Waals surface area contributed by atoms with E-state index in [1.165, 1.54) is 32.5 Å². The van der Waals surface area contributed by atoms with Gasteiger partial charge in [-0.1, -0.05) is 12.1 Å². The topological polar surface area (TPSA) is 41.7 Å². The lowest BCUT2D eigenvalue weighted by Gasteiger charge is -2.42. The van der Waals surface area contributed by atoms with Crippen LogP contribution in [0.1, 0.15) is 26.2 Å². The van der Waals surface area contributed by atoms with Gasteiger partial charge in [-0.2, -0.15) is 0 Å². The summed E-state index contributed by atoms with van der Waals surface area (Å²) in [4.78, 5) is 5.30. The van der Waals surface area contributed by atoms with Crippen LogP contribution in [0.3, 0.4) is 0 Å². The summed E-state index contributed by atoms with van der Waals surface area (Å²) < 4.78 is 5.79. The van der Waals surface area contributed by atoms with Gasteiger partial charge in [0.2, 0.25) is 0 Å². The predicted octanol–water partition coefficient (Wildman–Crippen LogP) is 2.21. The van der Waals surface area contributed by atoms with Gasteiger partial charge in [0.05, 0.1) is 12.3 Å². The molecule has 4 nitrogen and oxygen atoms in total. The zero-order valence-corrected chi connectivity index (χ0v) is 13.0. The average Bonchev–Trinajstić information content (AvgIpc) is 2.92. The summed E-state index contributed by atoms with van der Waals surface area (Å²) in [6.45, 7) is 7.99. The van der Waals surface area contributed by atoms with Gasteiger partial charge in [-0.15, -0.1) is 0 Å². The number of piperazine rings is 1. The highest BCUT2D eigenvalue weighted by atomic mass is 16.5. The maximum absolute atomic E-state index is 5.89. The molecule has 3 rings (SSSR count). The summed E-state index contributed by atoms with van der Waals surface area (Å²) in [6.07, 6.45) is 3.81. The second kappa shape index (κ2) is 6.67. The van der Waals surface area contributed by atoms with E-state index in [9.17, 15) is 0 Å². The number of rotatable bonds is 5. The number of nitrogens with two attached hydrogens (primary N) is 1. The zero-order valence-electron chi connectivity index (χ0n) is 13.0. The van der Waals surface area contributed by atoms with Gasteiger partial charge < -0.3 is 10.5 Å². The summed E-state index contributed by atoms with van der Waals surface area (Å²) in [5, 5.41) is 0. The summed E-state index contributed by atoms with van der Waals surface area (Å²) in [5.74, 6) is 0.811. The summed E-state index contributed by atoms with van der Waals surface area (Å²) >= 11 is 0. The minimum absolute atomic E-state index is 0.668. The number of anilines is 1. The Labute approximate surface area is 127 Å². The first-order valence-corrected chi connectivity index (χ1v) is 8.19. The molecule has 2 saturated heterocycles. The van der Waals surface area contributed by atoms with E-state index in [-0.39, 0.29) is 0 Å². The molecular weight excluding hydrogens is 262 g/mol. The van der Waals surface area contributed by atoms with E-state index in [0.29, 0.717) is 6.04 Å². The van der Waals surface area contributed by atoms with E-state index in [1.807, 2.05) is 24.3 Å². The number of nitrogens with zero attached hydrogens (tertiary/aromatic N) is 2. The van der Waals surface area contributed by atoms with Crippen LogP contribution in [0.5, 0.6) is 5.75 Å². The van der Waals surface area contributed by atoms with Gasteiger partial charge in [-0.05, 0) is 44.9 Å². The number of hydrogen-bond donors (Lipinski definition) is 1. The first-order chi connectivity index (χ1) is 10.2. The molecule has 2 atom stereocenters. The minimum atomic E-state index is 0.668. The van der Waals surface area contributed by atoms with Crippen molar-refractivity contribution in [1.82, 2.24) is 9.80 Å². The van der Waals surface area contributed by atoms with E-state index in [2.05, 4.69) is 16.7 Å². The van der Waals surface area contributed by atoms with E-state index >= 15 is 0 Å². The highest BCUT2D eigenvalue weighted by Gasteiger charge is 2.33. The molecule has 0 radical (unpaired) electrons. The Morgan fingerprint density at radius 2 is 2.14 bits per heavy atom. The van der Waals surface area contributed by atoms with Crippen LogP contribution in [-0.2, 0) is 0 Å². The van der Waals surface area contributed by atoms with Crippen molar-refractivity contribution in [1.29, 1.82) is 0 Å². The molecule has 0 aromatic heterocycles. The molecule has 1 aromatic carbocycles. The fourth-order valence-corrected chi connectivity index (χ4v) is 3.62. The van der Waals surface area contributed by atoms with Gasteiger partial charge in [-0.25, -0.2) is 0 Å². The molecule has 0 spiro atoms. The number of para-hydroxylation sites is 2. The Kier molecular flexibility index (Phi) is 4.66. The Balaban J connectivity index is 1.42. The minimum Gasteiger partial charge on any atom is -0.491 e. The van der Waals surface area contributed by atoms with Crippen LogP contribution in [0.2, 0.25) is 0 Å². The van der Waals surface area contributed by atoms with Gasteiger partial charge in [0.15, 0.2) is 0 Å². The third-order valence-corrected chi connectivity index (χ3v) is 4.83. The predicted molar refractivity (Wildman–Crippen MR) is 86.6 cm³/mol. The standard InChI is InChI=1S/C17H27N3O/c1-14-12-20-9-4-6-15(20)13-19(14)10-5-11-21-17-8-3-2-7-16(17)18/h2-3,7-8,14-15H,4-6,9-13,18H2,1H3. The van der Waals surface area contributed by atoms with Crippen LogP contribution in [0.15, 0.2) is 24.3 Å². The largest absolute Gasteiger partial charge is 0.491 e. The quantitative estimate of drug-likeness (QED) is 0.666. The molecule has 0 amide bonds. The van der Waals surface area contributed by atoms with Crippen molar-refractivity contribution in [3.8, 4) is 5.75 Å². The lowest BCUT2D eigenvalue weighted by atomic mass is 10.1. The SMILES string of the molecule is CC1CN2CCCC2CN1CCCOc1ccccc1N. The van der Waals surface area contributed by atoms with Crippen LogP contribution in [0.25, 0.3) is 0 Å². The van der Waals surface area contributed by atoms with Gasteiger partial charge in [0.25, 0.3) is 0 Å². The Hall–Kier alpha value is -1.26. The van der Waals surface area contributed by atoms with Crippen molar-refractivity contribution in [2.75, 3.05) is 38.5 Å². The van der Waals surface area contributed by atoms with Crippen molar-refractivity contribution in [2.45, 2.75) is 38.3 Å². The molecule has 0 bridgehead atoms. The molecular formula is C17H27N3O. The average molecular weight is 289 g/mol. The van der Waals surface area contributed by atoms with Gasteiger partial charge in [0, 0.05) is 31.7 Å². The van der Waals surface area contributed by atoms with Crippen molar-refractivity contribution < 1.29 is 4.74 Å². The summed E-state index contributed by atoms with van der Waals surface area (Å²) in [6, 6.07) is 9.19. The summed E-state index contributed by atoms with van der Waals surface area (Å²) in [5.41, 5.74) is 6.61. The van der Waals surface area contributed by atoms with E-state index in [4.69, 9.17) is 10.5 Å². The maximum atomic E-state index is 5.89. The van der Waals surface area contributed by atoms with Crippen molar-refractivity contribution >= 4 is 5.69 Å². The van der Waals surface area contributed by atoms with Crippen molar-refractivity contribution in [3.05, 3.63) is 24.3 Å². The molecule has 2 aliphatic heterocycles. The number of nitrogen functional groups attached to an aromatic ring is 1. The van der Waals surface area contributed by atoms with Gasteiger partial charge in [0.1, 0.15) is 5.75 Å². The van der Waals surface area contributed by atoms with Gasteiger partial charge >= 0.3 is 0 Å². The lowest BCUT2D eigenvalue weighted by Crippen LogP contribution is -2.55. The second-order valence-electron chi connectivity index (χ2n) is 6.37. The molecule has 0 saturated carbocycles. The maximum Gasteiger partial charge on any atom is 0.142 e. The third-order valence-electron chi connectivity index (χ3n) is 4.83. The van der Waals surface area contributed by atoms with E-state index in [0.717, 1.165) is 37.1 Å². The summed E-state index contributed by atoms with van der Waals surface area (Å²) in [7, 11) is 0. The molecule has 2 aliphatic rings.